The maximum absolute atomic E-state index is 13.0. The van der Waals surface area contributed by atoms with Crippen LogP contribution in [0.2, 0.25) is 0 Å². The van der Waals surface area contributed by atoms with Crippen LogP contribution in [0.5, 0.6) is 0 Å². The minimum Gasteiger partial charge on any atom is -0.345 e. The number of carbonyl (C=O) groups excluding carboxylic acids is 2. The van der Waals surface area contributed by atoms with E-state index in [0.717, 1.165) is 24.0 Å². The molecule has 1 heterocycles. The van der Waals surface area contributed by atoms with Gasteiger partial charge in [0.1, 0.15) is 5.37 Å². The Kier molecular flexibility index (Phi) is 8.07. The summed E-state index contributed by atoms with van der Waals surface area (Å²) in [5.74, 6) is 1.06. The van der Waals surface area contributed by atoms with Crippen molar-refractivity contribution in [2.75, 3.05) is 12.3 Å². The first kappa shape index (κ1) is 24.1. The number of nitrogens with one attached hydrogen (secondary N) is 1. The lowest BCUT2D eigenvalue weighted by Gasteiger charge is -2.25. The summed E-state index contributed by atoms with van der Waals surface area (Å²) in [5, 5.41) is 3.21. The number of hydrogen-bond donors (Lipinski definition) is 1. The molecule has 1 fully saturated rings. The molecule has 34 heavy (non-hydrogen) atoms. The van der Waals surface area contributed by atoms with Crippen LogP contribution in [-0.4, -0.2) is 29.0 Å². The zero-order chi connectivity index (χ0) is 23.9. The lowest BCUT2D eigenvalue weighted by Crippen LogP contribution is -2.30. The third kappa shape index (κ3) is 6.09. The first-order valence-electron chi connectivity index (χ1n) is 11.9. The molecule has 1 aliphatic heterocycles. The highest BCUT2D eigenvalue weighted by Gasteiger charge is 2.32. The van der Waals surface area contributed by atoms with Gasteiger partial charge in [-0.25, -0.2) is 0 Å². The van der Waals surface area contributed by atoms with Gasteiger partial charge in [0.15, 0.2) is 0 Å². The lowest BCUT2D eigenvalue weighted by molar-refractivity contribution is -0.128. The lowest BCUT2D eigenvalue weighted by atomic mass is 9.96. The van der Waals surface area contributed by atoms with Crippen molar-refractivity contribution >= 4 is 23.6 Å². The molecule has 5 heteroatoms. The summed E-state index contributed by atoms with van der Waals surface area (Å²) in [4.78, 5) is 27.5. The summed E-state index contributed by atoms with van der Waals surface area (Å²) >= 11 is 1.65. The first-order chi connectivity index (χ1) is 16.5. The fraction of sp³-hybridized carbons (Fsp3) is 0.310. The quantitative estimate of drug-likeness (QED) is 0.414. The second-order valence-electron chi connectivity index (χ2n) is 9.17. The summed E-state index contributed by atoms with van der Waals surface area (Å²) < 4.78 is 0. The van der Waals surface area contributed by atoms with Crippen LogP contribution in [0, 0.1) is 5.92 Å². The molecule has 1 aliphatic rings. The fourth-order valence-corrected chi connectivity index (χ4v) is 5.56. The zero-order valence-corrected chi connectivity index (χ0v) is 20.6. The van der Waals surface area contributed by atoms with E-state index in [1.807, 2.05) is 65.6 Å². The van der Waals surface area contributed by atoms with Gasteiger partial charge in [0.2, 0.25) is 5.91 Å². The van der Waals surface area contributed by atoms with Crippen LogP contribution < -0.4 is 5.32 Å². The van der Waals surface area contributed by atoms with Crippen molar-refractivity contribution in [2.45, 2.75) is 38.1 Å². The van der Waals surface area contributed by atoms with E-state index >= 15 is 0 Å². The van der Waals surface area contributed by atoms with E-state index < -0.39 is 0 Å². The molecule has 3 aromatic rings. The van der Waals surface area contributed by atoms with Crippen LogP contribution in [-0.2, 0) is 11.2 Å². The number of carbonyl (C=O) groups is 2. The Hall–Kier alpha value is -3.05. The van der Waals surface area contributed by atoms with E-state index in [1.54, 1.807) is 11.8 Å². The summed E-state index contributed by atoms with van der Waals surface area (Å²) in [6.45, 7) is 5.03. The van der Waals surface area contributed by atoms with Gasteiger partial charge in [-0.2, -0.15) is 0 Å². The summed E-state index contributed by atoms with van der Waals surface area (Å²) in [6.07, 6.45) is 1.71. The Balaban J connectivity index is 1.43. The number of thioether (sulfide) groups is 1. The standard InChI is InChI=1S/C29H32N2O2S/c1-21(2)19-26(23-11-7-4-8-12-23)30-28(33)24-13-15-25(16-14-24)29-31(27(32)20-34-29)18-17-22-9-5-3-6-10-22/h3-16,21,26,29H,17-20H2,1-2H3,(H,30,33). The maximum atomic E-state index is 13.0. The van der Waals surface area contributed by atoms with E-state index in [0.29, 0.717) is 23.8 Å². The number of benzene rings is 3. The van der Waals surface area contributed by atoms with Gasteiger partial charge < -0.3 is 10.2 Å². The Morgan fingerprint density at radius 2 is 1.62 bits per heavy atom. The van der Waals surface area contributed by atoms with Crippen LogP contribution in [0.1, 0.15) is 58.7 Å². The summed E-state index contributed by atoms with van der Waals surface area (Å²) in [6, 6.07) is 28.1. The molecule has 0 aliphatic carbocycles. The Labute approximate surface area is 206 Å². The van der Waals surface area contributed by atoms with Crippen LogP contribution in [0.3, 0.4) is 0 Å². The van der Waals surface area contributed by atoms with E-state index in [9.17, 15) is 9.59 Å². The molecular formula is C29H32N2O2S. The number of hydrogen-bond acceptors (Lipinski definition) is 3. The predicted octanol–water partition coefficient (Wildman–Crippen LogP) is 6.02. The molecule has 3 aromatic carbocycles. The molecule has 0 bridgehead atoms. The molecule has 0 saturated carbocycles. The molecule has 2 unspecified atom stereocenters. The summed E-state index contributed by atoms with van der Waals surface area (Å²) in [5.41, 5.74) is 4.05. The molecular weight excluding hydrogens is 440 g/mol. The molecule has 2 amide bonds. The monoisotopic (exact) mass is 472 g/mol. The molecule has 176 valence electrons. The molecule has 4 nitrogen and oxygen atoms in total. The van der Waals surface area contributed by atoms with Crippen molar-refractivity contribution in [3.05, 3.63) is 107 Å². The van der Waals surface area contributed by atoms with Crippen molar-refractivity contribution in [1.29, 1.82) is 0 Å². The molecule has 0 radical (unpaired) electrons. The minimum absolute atomic E-state index is 0.00803. The van der Waals surface area contributed by atoms with Crippen molar-refractivity contribution < 1.29 is 9.59 Å². The zero-order valence-electron chi connectivity index (χ0n) is 19.8. The molecule has 1 N–H and O–H groups in total. The van der Waals surface area contributed by atoms with Crippen LogP contribution in [0.15, 0.2) is 84.9 Å². The number of amides is 2. The highest BCUT2D eigenvalue weighted by atomic mass is 32.2. The van der Waals surface area contributed by atoms with Crippen molar-refractivity contribution in [3.63, 3.8) is 0 Å². The second-order valence-corrected chi connectivity index (χ2v) is 10.2. The largest absolute Gasteiger partial charge is 0.345 e. The van der Waals surface area contributed by atoms with E-state index in [1.165, 1.54) is 5.56 Å². The average molecular weight is 473 g/mol. The van der Waals surface area contributed by atoms with Gasteiger partial charge in [-0.15, -0.1) is 11.8 Å². The molecule has 1 saturated heterocycles. The Morgan fingerprint density at radius 3 is 2.26 bits per heavy atom. The Morgan fingerprint density at radius 1 is 0.971 bits per heavy atom. The van der Waals surface area contributed by atoms with Gasteiger partial charge >= 0.3 is 0 Å². The number of rotatable bonds is 9. The van der Waals surface area contributed by atoms with Gasteiger partial charge in [0.05, 0.1) is 11.8 Å². The summed E-state index contributed by atoms with van der Waals surface area (Å²) in [7, 11) is 0. The van der Waals surface area contributed by atoms with Crippen molar-refractivity contribution in [2.24, 2.45) is 5.92 Å². The number of nitrogens with zero attached hydrogens (tertiary/aromatic N) is 1. The van der Waals surface area contributed by atoms with Crippen LogP contribution >= 0.6 is 11.8 Å². The van der Waals surface area contributed by atoms with Gasteiger partial charge in [0, 0.05) is 12.1 Å². The van der Waals surface area contributed by atoms with Crippen LogP contribution in [0.4, 0.5) is 0 Å². The van der Waals surface area contributed by atoms with E-state index in [4.69, 9.17) is 0 Å². The normalized spacial score (nSPS) is 16.6. The molecule has 4 rings (SSSR count). The van der Waals surface area contributed by atoms with Crippen LogP contribution in [0.25, 0.3) is 0 Å². The smallest absolute Gasteiger partial charge is 0.251 e. The van der Waals surface area contributed by atoms with Gasteiger partial charge in [0.25, 0.3) is 5.91 Å². The van der Waals surface area contributed by atoms with Crippen molar-refractivity contribution in [1.82, 2.24) is 10.2 Å². The molecule has 2 atom stereocenters. The Bertz CT molecular complexity index is 1080. The predicted molar refractivity (Wildman–Crippen MR) is 140 cm³/mol. The third-order valence-corrected chi connectivity index (χ3v) is 7.38. The average Bonchev–Trinajstić information content (AvgIpc) is 3.23. The first-order valence-corrected chi connectivity index (χ1v) is 13.0. The maximum Gasteiger partial charge on any atom is 0.251 e. The van der Waals surface area contributed by atoms with E-state index in [-0.39, 0.29) is 23.2 Å². The minimum atomic E-state index is -0.0721. The van der Waals surface area contributed by atoms with Gasteiger partial charge in [-0.1, -0.05) is 86.6 Å². The third-order valence-electron chi connectivity index (χ3n) is 6.12. The van der Waals surface area contributed by atoms with E-state index in [2.05, 4.69) is 43.4 Å². The second kappa shape index (κ2) is 11.4. The SMILES string of the molecule is CC(C)CC(NC(=O)c1ccc(C2SCC(=O)N2CCc2ccccc2)cc1)c1ccccc1. The fourth-order valence-electron chi connectivity index (χ4n) is 4.34. The molecule has 0 spiro atoms. The van der Waals surface area contributed by atoms with Gasteiger partial charge in [-0.05, 0) is 47.6 Å². The van der Waals surface area contributed by atoms with Gasteiger partial charge in [-0.3, -0.25) is 9.59 Å². The molecule has 0 aromatic heterocycles. The highest BCUT2D eigenvalue weighted by Crippen LogP contribution is 2.38. The topological polar surface area (TPSA) is 49.4 Å². The highest BCUT2D eigenvalue weighted by molar-refractivity contribution is 8.00. The van der Waals surface area contributed by atoms with Crippen molar-refractivity contribution in [3.8, 4) is 0 Å².